The van der Waals surface area contributed by atoms with Crippen LogP contribution in [0.1, 0.15) is 38.9 Å². The zero-order valence-corrected chi connectivity index (χ0v) is 31.8. The highest BCUT2D eigenvalue weighted by atomic mass is 35.5. The van der Waals surface area contributed by atoms with Crippen molar-refractivity contribution in [3.63, 3.8) is 0 Å². The fourth-order valence-corrected chi connectivity index (χ4v) is 5.40. The third kappa shape index (κ3) is 13.0. The van der Waals surface area contributed by atoms with Crippen LogP contribution < -0.4 is 24.2 Å². The SMILES string of the molecule is CCOC(=O)COC(=O)c1cc(Oc2ccc(C(F)(F)F)cc2Cl)ccc1[N+](=O)[O-].COc1cc(OC)nc(NC(=O)NS(=O)(=O)c2nc(C(F)(F)F)ccc2C(=O)O)n1. The standard InChI is InChI=1S/C18H13ClF3NO7.C14H12F3N5O7S/c1-2-28-16(24)9-29-17(25)12-8-11(4-5-14(12)23(26)27)30-15-6-3-10(7-13(15)19)18(20,21)22;1-28-8-5-9(29-2)20-12(19-8)21-13(25)22-30(26,27)10-6(11(23)24)3-4-7(18-10)14(15,16)17/h3-8H,2,9H2,1H3;3-5H,1-2H3,(H,23,24)(H2,19,20,21,22,25). The number of ether oxygens (including phenoxy) is 5. The van der Waals surface area contributed by atoms with E-state index in [0.29, 0.717) is 18.2 Å². The molecule has 0 bridgehead atoms. The molecule has 0 aliphatic rings. The Morgan fingerprint density at radius 3 is 2.02 bits per heavy atom. The Balaban J connectivity index is 0.000000320. The number of aromatic nitrogens is 3. The van der Waals surface area contributed by atoms with Gasteiger partial charge in [-0.05, 0) is 43.3 Å². The van der Waals surface area contributed by atoms with E-state index in [4.69, 9.17) is 35.7 Å². The highest BCUT2D eigenvalue weighted by Gasteiger charge is 2.36. The molecule has 2 aromatic carbocycles. The molecule has 60 heavy (non-hydrogen) atoms. The molecule has 0 aliphatic carbocycles. The summed E-state index contributed by atoms with van der Waals surface area (Å²) in [6, 6.07) is 5.78. The second kappa shape index (κ2) is 19.6. The van der Waals surface area contributed by atoms with Gasteiger partial charge >= 0.3 is 36.3 Å². The Bertz CT molecular complexity index is 2380. The van der Waals surface area contributed by atoms with Crippen LogP contribution in [0.15, 0.2) is 59.6 Å². The molecule has 3 N–H and O–H groups in total. The molecule has 0 aliphatic heterocycles. The highest BCUT2D eigenvalue weighted by molar-refractivity contribution is 7.90. The maximum absolute atomic E-state index is 12.8. The number of anilines is 1. The van der Waals surface area contributed by atoms with Gasteiger partial charge in [-0.2, -0.15) is 44.7 Å². The van der Waals surface area contributed by atoms with Crippen molar-refractivity contribution < 1.29 is 87.7 Å². The molecular formula is C32H25ClF6N6O14S. The molecule has 0 fully saturated rings. The lowest BCUT2D eigenvalue weighted by Gasteiger charge is -2.12. The number of urea groups is 1. The fraction of sp³-hybridized carbons (Fsp3) is 0.219. The number of halogens is 7. The Hall–Kier alpha value is -7.03. The number of carbonyl (C=O) groups is 4. The van der Waals surface area contributed by atoms with Crippen molar-refractivity contribution in [2.45, 2.75) is 24.3 Å². The summed E-state index contributed by atoms with van der Waals surface area (Å²) in [6.45, 7) is 0.825. The lowest BCUT2D eigenvalue weighted by Crippen LogP contribution is -2.36. The van der Waals surface area contributed by atoms with Gasteiger partial charge < -0.3 is 28.8 Å². The minimum Gasteiger partial charge on any atom is -0.481 e. The van der Waals surface area contributed by atoms with Gasteiger partial charge in [0.05, 0.1) is 48.0 Å². The quantitative estimate of drug-likeness (QED) is 0.0610. The summed E-state index contributed by atoms with van der Waals surface area (Å²) in [6.07, 6.45) is -9.67. The Kier molecular flexibility index (Phi) is 15.5. The molecule has 28 heteroatoms. The number of nitro benzene ring substituents is 1. The van der Waals surface area contributed by atoms with E-state index < -0.39 is 96.9 Å². The minimum atomic E-state index is -5.14. The molecule has 0 unspecified atom stereocenters. The number of rotatable bonds is 13. The van der Waals surface area contributed by atoms with Crippen LogP contribution >= 0.6 is 11.6 Å². The number of methoxy groups -OCH3 is 2. The Morgan fingerprint density at radius 1 is 0.867 bits per heavy atom. The van der Waals surface area contributed by atoms with Crippen LogP contribution in [0.25, 0.3) is 0 Å². The summed E-state index contributed by atoms with van der Waals surface area (Å²) in [5, 5.41) is 20.2. The summed E-state index contributed by atoms with van der Waals surface area (Å²) in [5.74, 6) is -4.83. The molecule has 4 aromatic rings. The summed E-state index contributed by atoms with van der Waals surface area (Å²) < 4.78 is 127. The molecule has 0 radical (unpaired) electrons. The number of benzene rings is 2. The number of aromatic carboxylic acids is 1. The van der Waals surface area contributed by atoms with Crippen molar-refractivity contribution >= 4 is 57.2 Å². The third-order valence-electron chi connectivity index (χ3n) is 6.68. The van der Waals surface area contributed by atoms with Crippen molar-refractivity contribution in [2.24, 2.45) is 0 Å². The van der Waals surface area contributed by atoms with Crippen LogP contribution in [-0.2, 0) is 36.6 Å². The second-order valence-corrected chi connectivity index (χ2v) is 12.8. The van der Waals surface area contributed by atoms with Gasteiger partial charge in [0.1, 0.15) is 22.8 Å². The van der Waals surface area contributed by atoms with E-state index in [1.54, 1.807) is 0 Å². The van der Waals surface area contributed by atoms with Crippen LogP contribution in [0.2, 0.25) is 5.02 Å². The topological polar surface area (TPSA) is 275 Å². The summed E-state index contributed by atoms with van der Waals surface area (Å²) >= 11 is 5.81. The smallest absolute Gasteiger partial charge is 0.433 e. The molecule has 2 aromatic heterocycles. The van der Waals surface area contributed by atoms with Crippen molar-refractivity contribution in [2.75, 3.05) is 32.8 Å². The molecular weight excluding hydrogens is 874 g/mol. The monoisotopic (exact) mass is 898 g/mol. The van der Waals surface area contributed by atoms with Gasteiger partial charge in [-0.25, -0.2) is 28.9 Å². The number of alkyl halides is 6. The first-order valence-corrected chi connectivity index (χ1v) is 17.5. The lowest BCUT2D eigenvalue weighted by atomic mass is 10.1. The zero-order chi connectivity index (χ0) is 45.2. The second-order valence-electron chi connectivity index (χ2n) is 10.8. The first kappa shape index (κ1) is 47.3. The molecule has 2 heterocycles. The Labute approximate surface area is 336 Å². The van der Waals surface area contributed by atoms with Crippen LogP contribution in [0, 0.1) is 10.1 Å². The van der Waals surface area contributed by atoms with E-state index in [0.717, 1.165) is 30.3 Å². The number of sulfonamides is 1. The maximum atomic E-state index is 12.8. The number of carbonyl (C=O) groups excluding carboxylic acids is 3. The van der Waals surface area contributed by atoms with E-state index in [2.05, 4.69) is 19.7 Å². The van der Waals surface area contributed by atoms with Gasteiger partial charge in [-0.15, -0.1) is 0 Å². The molecule has 20 nitrogen and oxygen atoms in total. The van der Waals surface area contributed by atoms with Crippen LogP contribution in [0.3, 0.4) is 0 Å². The van der Waals surface area contributed by atoms with Crippen molar-refractivity contribution in [1.29, 1.82) is 0 Å². The number of pyridine rings is 1. The van der Waals surface area contributed by atoms with Gasteiger partial charge in [-0.3, -0.25) is 15.4 Å². The molecule has 0 atom stereocenters. The van der Waals surface area contributed by atoms with Crippen molar-refractivity contribution in [1.82, 2.24) is 19.7 Å². The molecule has 0 saturated heterocycles. The van der Waals surface area contributed by atoms with Crippen LogP contribution in [0.4, 0.5) is 42.8 Å². The Morgan fingerprint density at radius 2 is 1.50 bits per heavy atom. The van der Waals surface area contributed by atoms with E-state index in [9.17, 15) is 64.1 Å². The lowest BCUT2D eigenvalue weighted by molar-refractivity contribution is -0.385. The number of carboxylic acids is 1. The van der Waals surface area contributed by atoms with E-state index in [1.807, 2.05) is 5.32 Å². The van der Waals surface area contributed by atoms with Gasteiger partial charge in [0.25, 0.3) is 15.7 Å². The summed E-state index contributed by atoms with van der Waals surface area (Å²) in [4.78, 5) is 67.2. The number of hydrogen-bond donors (Lipinski definition) is 3. The van der Waals surface area contributed by atoms with E-state index >= 15 is 0 Å². The molecule has 0 spiro atoms. The van der Waals surface area contributed by atoms with Crippen LogP contribution in [-0.4, -0.2) is 84.8 Å². The fourth-order valence-electron chi connectivity index (χ4n) is 4.13. The number of hydrogen-bond acceptors (Lipinski definition) is 16. The van der Waals surface area contributed by atoms with Gasteiger partial charge in [-0.1, -0.05) is 11.6 Å². The average molecular weight is 899 g/mol. The van der Waals surface area contributed by atoms with Gasteiger partial charge in [0, 0.05) is 12.1 Å². The normalized spacial score (nSPS) is 11.2. The van der Waals surface area contributed by atoms with Gasteiger partial charge in [0.2, 0.25) is 17.7 Å². The number of nitrogens with one attached hydrogen (secondary N) is 2. The predicted molar refractivity (Wildman–Crippen MR) is 187 cm³/mol. The zero-order valence-electron chi connectivity index (χ0n) is 30.2. The number of nitrogens with zero attached hydrogens (tertiary/aromatic N) is 4. The number of amides is 2. The van der Waals surface area contributed by atoms with Crippen LogP contribution in [0.5, 0.6) is 23.3 Å². The summed E-state index contributed by atoms with van der Waals surface area (Å²) in [7, 11) is -2.66. The molecule has 2 amide bonds. The third-order valence-corrected chi connectivity index (χ3v) is 8.25. The number of carboxylic acid groups (broad SMARTS) is 1. The molecule has 322 valence electrons. The molecule has 4 rings (SSSR count). The first-order chi connectivity index (χ1) is 27.9. The number of nitro groups is 1. The average Bonchev–Trinajstić information content (AvgIpc) is 3.16. The van der Waals surface area contributed by atoms with E-state index in [-0.39, 0.29) is 34.9 Å². The van der Waals surface area contributed by atoms with Gasteiger partial charge in [0.15, 0.2) is 11.6 Å². The summed E-state index contributed by atoms with van der Waals surface area (Å²) in [5.41, 5.74) is -4.91. The van der Waals surface area contributed by atoms with Crippen molar-refractivity contribution in [3.05, 3.63) is 92.1 Å². The largest absolute Gasteiger partial charge is 0.481 e. The molecule has 0 saturated carbocycles. The minimum absolute atomic E-state index is 0.0493. The highest BCUT2D eigenvalue weighted by Crippen LogP contribution is 2.37. The number of esters is 2. The first-order valence-electron chi connectivity index (χ1n) is 15.7. The predicted octanol–water partition coefficient (Wildman–Crippen LogP) is 5.90. The maximum Gasteiger partial charge on any atom is 0.433 e. The van der Waals surface area contributed by atoms with Crippen molar-refractivity contribution in [3.8, 4) is 23.3 Å². The van der Waals surface area contributed by atoms with E-state index in [1.165, 1.54) is 31.9 Å².